The summed E-state index contributed by atoms with van der Waals surface area (Å²) in [6.07, 6.45) is 0.928. The van der Waals surface area contributed by atoms with Crippen LogP contribution in [0.3, 0.4) is 0 Å². The summed E-state index contributed by atoms with van der Waals surface area (Å²) >= 11 is 0. The third-order valence-corrected chi connectivity index (χ3v) is 1.03. The molecule has 3 N–H and O–H groups in total. The number of aromatic hydroxyl groups is 2. The SMILES string of the molecule is O=c1c(O)c(O)ccn1O. The van der Waals surface area contributed by atoms with Crippen molar-refractivity contribution in [3.8, 4) is 11.5 Å². The molecule has 5 heteroatoms. The van der Waals surface area contributed by atoms with Crippen LogP contribution in [-0.4, -0.2) is 20.2 Å². The molecular weight excluding hydrogens is 138 g/mol. The Kier molecular flexibility index (Phi) is 1.26. The second-order valence-corrected chi connectivity index (χ2v) is 1.70. The summed E-state index contributed by atoms with van der Waals surface area (Å²) in [5.74, 6) is -1.40. The average Bonchev–Trinajstić information content (AvgIpc) is 1.93. The van der Waals surface area contributed by atoms with E-state index in [0.29, 0.717) is 0 Å². The highest BCUT2D eigenvalue weighted by Gasteiger charge is 2.04. The van der Waals surface area contributed by atoms with E-state index in [1.54, 1.807) is 0 Å². The predicted octanol–water partition coefficient (Wildman–Crippen LogP) is -0.503. The van der Waals surface area contributed by atoms with Gasteiger partial charge in [-0.2, -0.15) is 4.73 Å². The minimum absolute atomic E-state index is 0.176. The summed E-state index contributed by atoms with van der Waals surface area (Å²) in [6, 6.07) is 0.997. The van der Waals surface area contributed by atoms with Crippen molar-refractivity contribution in [3.63, 3.8) is 0 Å². The van der Waals surface area contributed by atoms with E-state index >= 15 is 0 Å². The van der Waals surface area contributed by atoms with Crippen molar-refractivity contribution in [1.29, 1.82) is 0 Å². The van der Waals surface area contributed by atoms with E-state index in [1.165, 1.54) is 0 Å². The third kappa shape index (κ3) is 0.771. The molecule has 0 spiro atoms. The Morgan fingerprint density at radius 3 is 2.50 bits per heavy atom. The Hall–Kier alpha value is -1.65. The van der Waals surface area contributed by atoms with Crippen LogP contribution in [0.15, 0.2) is 17.1 Å². The number of hydrogen-bond acceptors (Lipinski definition) is 4. The molecular formula is C5H5NO4. The van der Waals surface area contributed by atoms with E-state index in [9.17, 15) is 4.79 Å². The zero-order valence-electron chi connectivity index (χ0n) is 4.85. The van der Waals surface area contributed by atoms with Crippen LogP contribution in [-0.2, 0) is 0 Å². The number of pyridine rings is 1. The van der Waals surface area contributed by atoms with Gasteiger partial charge in [0.25, 0.3) is 0 Å². The Morgan fingerprint density at radius 1 is 1.40 bits per heavy atom. The van der Waals surface area contributed by atoms with Crippen LogP contribution in [0.25, 0.3) is 0 Å². The zero-order valence-corrected chi connectivity index (χ0v) is 4.85. The maximum Gasteiger partial charge on any atom is 0.328 e. The highest BCUT2D eigenvalue weighted by molar-refractivity contribution is 5.33. The second kappa shape index (κ2) is 1.94. The molecule has 0 aliphatic carbocycles. The Balaban J connectivity index is 3.50. The first-order valence-corrected chi connectivity index (χ1v) is 2.46. The van der Waals surface area contributed by atoms with E-state index < -0.39 is 17.1 Å². The van der Waals surface area contributed by atoms with Crippen molar-refractivity contribution in [2.45, 2.75) is 0 Å². The molecule has 5 nitrogen and oxygen atoms in total. The fourth-order valence-corrected chi connectivity index (χ4v) is 0.506. The first-order valence-electron chi connectivity index (χ1n) is 2.46. The monoisotopic (exact) mass is 143 g/mol. The van der Waals surface area contributed by atoms with E-state index in [2.05, 4.69) is 0 Å². The van der Waals surface area contributed by atoms with Gasteiger partial charge in [0.15, 0.2) is 5.75 Å². The largest absolute Gasteiger partial charge is 0.504 e. The Labute approximate surface area is 55.4 Å². The molecule has 0 aliphatic heterocycles. The van der Waals surface area contributed by atoms with Gasteiger partial charge < -0.3 is 15.4 Å². The molecule has 0 bridgehead atoms. The summed E-state index contributed by atoms with van der Waals surface area (Å²) in [6.45, 7) is 0. The lowest BCUT2D eigenvalue weighted by atomic mass is 10.4. The second-order valence-electron chi connectivity index (χ2n) is 1.70. The van der Waals surface area contributed by atoms with Crippen LogP contribution in [0.2, 0.25) is 0 Å². The van der Waals surface area contributed by atoms with E-state index in [-0.39, 0.29) is 4.73 Å². The van der Waals surface area contributed by atoms with Gasteiger partial charge in [-0.3, -0.25) is 4.79 Å². The molecule has 1 aromatic heterocycles. The summed E-state index contributed by atoms with van der Waals surface area (Å²) in [7, 11) is 0. The van der Waals surface area contributed by atoms with Gasteiger partial charge in [-0.05, 0) is 0 Å². The van der Waals surface area contributed by atoms with Gasteiger partial charge in [0.2, 0.25) is 5.75 Å². The van der Waals surface area contributed by atoms with Crippen LogP contribution >= 0.6 is 0 Å². The minimum atomic E-state index is -1.04. The van der Waals surface area contributed by atoms with Gasteiger partial charge >= 0.3 is 5.56 Å². The molecule has 0 amide bonds. The summed E-state index contributed by atoms with van der Waals surface area (Å²) in [4.78, 5) is 10.5. The molecule has 10 heavy (non-hydrogen) atoms. The molecule has 1 rings (SSSR count). The highest BCUT2D eigenvalue weighted by Crippen LogP contribution is 2.16. The predicted molar refractivity (Wildman–Crippen MR) is 31.2 cm³/mol. The lowest BCUT2D eigenvalue weighted by molar-refractivity contribution is 0.169. The maximum atomic E-state index is 10.5. The molecule has 0 aromatic carbocycles. The molecule has 1 aromatic rings. The molecule has 0 fully saturated rings. The molecule has 0 atom stereocenters. The van der Waals surface area contributed by atoms with Crippen molar-refractivity contribution >= 4 is 0 Å². The average molecular weight is 143 g/mol. The van der Waals surface area contributed by atoms with Crippen molar-refractivity contribution in [3.05, 3.63) is 22.6 Å². The van der Waals surface area contributed by atoms with Crippen LogP contribution in [0.4, 0.5) is 0 Å². The van der Waals surface area contributed by atoms with Gasteiger partial charge in [0.1, 0.15) is 0 Å². The fourth-order valence-electron chi connectivity index (χ4n) is 0.506. The van der Waals surface area contributed by atoms with Gasteiger partial charge in [0.05, 0.1) is 6.20 Å². The van der Waals surface area contributed by atoms with Crippen molar-refractivity contribution in [1.82, 2.24) is 4.73 Å². The number of aromatic nitrogens is 1. The molecule has 0 saturated heterocycles. The molecule has 0 radical (unpaired) electrons. The summed E-state index contributed by atoms with van der Waals surface area (Å²) in [5.41, 5.74) is -1.04. The highest BCUT2D eigenvalue weighted by atomic mass is 16.5. The summed E-state index contributed by atoms with van der Waals surface area (Å²) in [5, 5.41) is 25.9. The van der Waals surface area contributed by atoms with Crippen molar-refractivity contribution < 1.29 is 15.4 Å². The number of nitrogens with zero attached hydrogens (tertiary/aromatic N) is 1. The molecule has 0 unspecified atom stereocenters. The van der Waals surface area contributed by atoms with Gasteiger partial charge in [-0.1, -0.05) is 0 Å². The van der Waals surface area contributed by atoms with E-state index in [0.717, 1.165) is 12.3 Å². The Bertz CT molecular complexity index is 303. The fraction of sp³-hybridized carbons (Fsp3) is 0. The topological polar surface area (TPSA) is 82.7 Å². The van der Waals surface area contributed by atoms with Gasteiger partial charge in [0, 0.05) is 6.07 Å². The van der Waals surface area contributed by atoms with Crippen LogP contribution in [0.5, 0.6) is 11.5 Å². The van der Waals surface area contributed by atoms with E-state index in [4.69, 9.17) is 15.4 Å². The van der Waals surface area contributed by atoms with Gasteiger partial charge in [-0.25, -0.2) is 0 Å². The molecule has 0 saturated carbocycles. The molecule has 54 valence electrons. The van der Waals surface area contributed by atoms with Crippen LogP contribution in [0, 0.1) is 0 Å². The quantitative estimate of drug-likeness (QED) is 0.427. The third-order valence-electron chi connectivity index (χ3n) is 1.03. The van der Waals surface area contributed by atoms with E-state index in [1.807, 2.05) is 0 Å². The smallest absolute Gasteiger partial charge is 0.328 e. The van der Waals surface area contributed by atoms with Crippen molar-refractivity contribution in [2.24, 2.45) is 0 Å². The van der Waals surface area contributed by atoms with Gasteiger partial charge in [-0.15, -0.1) is 0 Å². The lowest BCUT2D eigenvalue weighted by Gasteiger charge is -1.96. The zero-order chi connectivity index (χ0) is 7.72. The summed E-state index contributed by atoms with van der Waals surface area (Å²) < 4.78 is 0.176. The first kappa shape index (κ1) is 6.47. The minimum Gasteiger partial charge on any atom is -0.504 e. The Morgan fingerprint density at radius 2 is 2.00 bits per heavy atom. The first-order chi connectivity index (χ1) is 4.63. The normalized spacial score (nSPS) is 9.60. The van der Waals surface area contributed by atoms with Crippen LogP contribution in [0.1, 0.15) is 0 Å². The van der Waals surface area contributed by atoms with Crippen LogP contribution < -0.4 is 5.56 Å². The molecule has 0 aliphatic rings. The molecule has 1 heterocycles. The number of rotatable bonds is 0. The van der Waals surface area contributed by atoms with Crippen molar-refractivity contribution in [2.75, 3.05) is 0 Å². The maximum absolute atomic E-state index is 10.5. The number of hydrogen-bond donors (Lipinski definition) is 3. The lowest BCUT2D eigenvalue weighted by Crippen LogP contribution is -2.15. The standard InChI is InChI=1S/C5H5NO4/c7-3-1-2-6(10)5(9)4(3)8/h1-2,7-8,10H.